The van der Waals surface area contributed by atoms with Gasteiger partial charge in [0, 0.05) is 13.0 Å². The smallest absolute Gasteiger partial charge is 0.242 e. The number of aryl methyl sites for hydroxylation is 1. The third kappa shape index (κ3) is 3.06. The maximum atomic E-state index is 11.7. The lowest BCUT2D eigenvalue weighted by molar-refractivity contribution is -0.125. The molecule has 2 amide bonds. The van der Waals surface area contributed by atoms with Crippen LogP contribution in [0.3, 0.4) is 0 Å². The first-order chi connectivity index (χ1) is 8.15. The SMILES string of the molecule is Cc1ccc(CNC(=O)C2CCC(=O)N2)cc1. The molecule has 2 N–H and O–H groups in total. The Bertz CT molecular complexity index is 426. The number of hydrogen-bond donors (Lipinski definition) is 2. The molecule has 1 saturated heterocycles. The van der Waals surface area contributed by atoms with E-state index in [4.69, 9.17) is 0 Å². The Balaban J connectivity index is 1.84. The molecule has 1 fully saturated rings. The fourth-order valence-electron chi connectivity index (χ4n) is 1.83. The van der Waals surface area contributed by atoms with Crippen LogP contribution in [0, 0.1) is 6.92 Å². The van der Waals surface area contributed by atoms with Crippen LogP contribution < -0.4 is 10.6 Å². The van der Waals surface area contributed by atoms with E-state index in [9.17, 15) is 9.59 Å². The highest BCUT2D eigenvalue weighted by molar-refractivity contribution is 5.90. The van der Waals surface area contributed by atoms with Crippen molar-refractivity contribution >= 4 is 11.8 Å². The van der Waals surface area contributed by atoms with E-state index in [1.54, 1.807) is 0 Å². The summed E-state index contributed by atoms with van der Waals surface area (Å²) >= 11 is 0. The predicted octanol–water partition coefficient (Wildman–Crippen LogP) is 0.890. The monoisotopic (exact) mass is 232 g/mol. The molecule has 4 nitrogen and oxygen atoms in total. The molecule has 1 unspecified atom stereocenters. The van der Waals surface area contributed by atoms with Gasteiger partial charge in [-0.2, -0.15) is 0 Å². The molecular weight excluding hydrogens is 216 g/mol. The quantitative estimate of drug-likeness (QED) is 0.813. The van der Waals surface area contributed by atoms with Crippen LogP contribution in [0.1, 0.15) is 24.0 Å². The van der Waals surface area contributed by atoms with Crippen molar-refractivity contribution < 1.29 is 9.59 Å². The van der Waals surface area contributed by atoms with Gasteiger partial charge in [0.25, 0.3) is 0 Å². The van der Waals surface area contributed by atoms with Gasteiger partial charge < -0.3 is 10.6 Å². The largest absolute Gasteiger partial charge is 0.350 e. The number of benzene rings is 1. The van der Waals surface area contributed by atoms with Crippen molar-refractivity contribution in [3.8, 4) is 0 Å². The van der Waals surface area contributed by atoms with E-state index in [2.05, 4.69) is 10.6 Å². The number of carbonyl (C=O) groups is 2. The molecule has 4 heteroatoms. The molecular formula is C13H16N2O2. The van der Waals surface area contributed by atoms with Crippen molar-refractivity contribution in [2.45, 2.75) is 32.4 Å². The van der Waals surface area contributed by atoms with Crippen LogP contribution in [0.25, 0.3) is 0 Å². The number of amides is 2. The fourth-order valence-corrected chi connectivity index (χ4v) is 1.83. The van der Waals surface area contributed by atoms with E-state index < -0.39 is 0 Å². The summed E-state index contributed by atoms with van der Waals surface area (Å²) < 4.78 is 0. The molecule has 90 valence electrons. The van der Waals surface area contributed by atoms with E-state index in [1.807, 2.05) is 31.2 Å². The molecule has 0 spiro atoms. The lowest BCUT2D eigenvalue weighted by atomic mass is 10.1. The van der Waals surface area contributed by atoms with Gasteiger partial charge >= 0.3 is 0 Å². The van der Waals surface area contributed by atoms with Crippen molar-refractivity contribution in [3.05, 3.63) is 35.4 Å². The van der Waals surface area contributed by atoms with Gasteiger partial charge in [-0.05, 0) is 18.9 Å². The Labute approximate surface area is 100 Å². The molecule has 0 bridgehead atoms. The van der Waals surface area contributed by atoms with Crippen LogP contribution in [-0.4, -0.2) is 17.9 Å². The van der Waals surface area contributed by atoms with Crippen molar-refractivity contribution in [3.63, 3.8) is 0 Å². The molecule has 1 aromatic rings. The van der Waals surface area contributed by atoms with Crippen molar-refractivity contribution in [2.24, 2.45) is 0 Å². The summed E-state index contributed by atoms with van der Waals surface area (Å²) in [5, 5.41) is 5.48. The minimum absolute atomic E-state index is 0.0412. The maximum absolute atomic E-state index is 11.7. The summed E-state index contributed by atoms with van der Waals surface area (Å²) in [4.78, 5) is 22.7. The van der Waals surface area contributed by atoms with E-state index in [-0.39, 0.29) is 17.9 Å². The Morgan fingerprint density at radius 1 is 1.41 bits per heavy atom. The third-order valence-electron chi connectivity index (χ3n) is 2.90. The van der Waals surface area contributed by atoms with Crippen LogP contribution in [0.4, 0.5) is 0 Å². The zero-order valence-corrected chi connectivity index (χ0v) is 9.82. The Hall–Kier alpha value is -1.84. The lowest BCUT2D eigenvalue weighted by Crippen LogP contribution is -2.41. The van der Waals surface area contributed by atoms with E-state index in [1.165, 1.54) is 5.56 Å². The molecule has 2 rings (SSSR count). The zero-order valence-electron chi connectivity index (χ0n) is 9.82. The molecule has 0 aliphatic carbocycles. The Morgan fingerprint density at radius 2 is 2.12 bits per heavy atom. The molecule has 0 aromatic heterocycles. The molecule has 1 aromatic carbocycles. The van der Waals surface area contributed by atoms with Crippen molar-refractivity contribution in [1.29, 1.82) is 0 Å². The lowest BCUT2D eigenvalue weighted by Gasteiger charge is -2.10. The summed E-state index contributed by atoms with van der Waals surface area (Å²) in [6.45, 7) is 2.53. The van der Waals surface area contributed by atoms with Crippen LogP contribution in [0.2, 0.25) is 0 Å². The normalized spacial score (nSPS) is 18.9. The number of hydrogen-bond acceptors (Lipinski definition) is 2. The van der Waals surface area contributed by atoms with E-state index in [0.717, 1.165) is 5.56 Å². The van der Waals surface area contributed by atoms with Crippen LogP contribution in [-0.2, 0) is 16.1 Å². The zero-order chi connectivity index (χ0) is 12.3. The number of carbonyl (C=O) groups excluding carboxylic acids is 2. The van der Waals surface area contributed by atoms with Gasteiger partial charge in [0.2, 0.25) is 11.8 Å². The first kappa shape index (κ1) is 11.6. The predicted molar refractivity (Wildman–Crippen MR) is 64.2 cm³/mol. The summed E-state index contributed by atoms with van der Waals surface area (Å²) in [5.74, 6) is -0.142. The van der Waals surface area contributed by atoms with Gasteiger partial charge in [-0.15, -0.1) is 0 Å². The standard InChI is InChI=1S/C13H16N2O2/c1-9-2-4-10(5-3-9)8-14-13(17)11-6-7-12(16)15-11/h2-5,11H,6-8H2,1H3,(H,14,17)(H,15,16). The van der Waals surface area contributed by atoms with Crippen molar-refractivity contribution in [2.75, 3.05) is 0 Å². The highest BCUT2D eigenvalue weighted by Gasteiger charge is 2.26. The van der Waals surface area contributed by atoms with Gasteiger partial charge in [-0.1, -0.05) is 29.8 Å². The average molecular weight is 232 g/mol. The second-order valence-corrected chi connectivity index (χ2v) is 4.36. The first-order valence-corrected chi connectivity index (χ1v) is 5.78. The molecule has 1 aliphatic rings. The molecule has 17 heavy (non-hydrogen) atoms. The van der Waals surface area contributed by atoms with Crippen LogP contribution >= 0.6 is 0 Å². The highest BCUT2D eigenvalue weighted by atomic mass is 16.2. The van der Waals surface area contributed by atoms with Crippen molar-refractivity contribution in [1.82, 2.24) is 10.6 Å². The van der Waals surface area contributed by atoms with Gasteiger partial charge in [0.15, 0.2) is 0 Å². The first-order valence-electron chi connectivity index (χ1n) is 5.78. The average Bonchev–Trinajstić information content (AvgIpc) is 2.75. The number of rotatable bonds is 3. The van der Waals surface area contributed by atoms with E-state index in [0.29, 0.717) is 19.4 Å². The topological polar surface area (TPSA) is 58.2 Å². The minimum Gasteiger partial charge on any atom is -0.350 e. The van der Waals surface area contributed by atoms with Crippen LogP contribution in [0.5, 0.6) is 0 Å². The summed E-state index contributed by atoms with van der Waals surface area (Å²) in [7, 11) is 0. The fraction of sp³-hybridized carbons (Fsp3) is 0.385. The maximum Gasteiger partial charge on any atom is 0.242 e. The molecule has 1 aliphatic heterocycles. The molecule has 1 atom stereocenters. The molecule has 0 saturated carbocycles. The highest BCUT2D eigenvalue weighted by Crippen LogP contribution is 2.07. The Morgan fingerprint density at radius 3 is 2.71 bits per heavy atom. The van der Waals surface area contributed by atoms with Gasteiger partial charge in [0.05, 0.1) is 0 Å². The minimum atomic E-state index is -0.354. The summed E-state index contributed by atoms with van der Waals surface area (Å²) in [6, 6.07) is 7.65. The second-order valence-electron chi connectivity index (χ2n) is 4.36. The second kappa shape index (κ2) is 4.99. The summed E-state index contributed by atoms with van der Waals surface area (Å²) in [5.41, 5.74) is 2.26. The number of nitrogens with one attached hydrogen (secondary N) is 2. The van der Waals surface area contributed by atoms with Gasteiger partial charge in [0.1, 0.15) is 6.04 Å². The van der Waals surface area contributed by atoms with Gasteiger partial charge in [-0.3, -0.25) is 9.59 Å². The summed E-state index contributed by atoms with van der Waals surface area (Å²) in [6.07, 6.45) is 1.04. The Kier molecular flexibility index (Phi) is 3.42. The van der Waals surface area contributed by atoms with E-state index >= 15 is 0 Å². The molecule has 0 radical (unpaired) electrons. The van der Waals surface area contributed by atoms with Crippen LogP contribution in [0.15, 0.2) is 24.3 Å². The van der Waals surface area contributed by atoms with Gasteiger partial charge in [-0.25, -0.2) is 0 Å². The third-order valence-corrected chi connectivity index (χ3v) is 2.90. The molecule has 1 heterocycles.